The molecule has 0 spiro atoms. The summed E-state index contributed by atoms with van der Waals surface area (Å²) in [4.78, 5) is 0. The van der Waals surface area contributed by atoms with E-state index in [-0.39, 0.29) is 0 Å². The van der Waals surface area contributed by atoms with Gasteiger partial charge in [-0.3, -0.25) is 0 Å². The van der Waals surface area contributed by atoms with Crippen LogP contribution in [0.2, 0.25) is 0 Å². The number of nitrogens with two attached hydrogens (primary N) is 1. The van der Waals surface area contributed by atoms with Crippen LogP contribution < -0.4 is 11.1 Å². The maximum Gasteiger partial charge on any atom is 0.0543 e. The Hall–Kier alpha value is -1.18. The molecule has 2 heteroatoms. The van der Waals surface area contributed by atoms with E-state index in [2.05, 4.69) is 18.5 Å². The van der Waals surface area contributed by atoms with Crippen LogP contribution in [0.1, 0.15) is 6.92 Å². The molecule has 0 aromatic rings. The van der Waals surface area contributed by atoms with Crippen molar-refractivity contribution in [1.29, 1.82) is 0 Å². The monoisotopic (exact) mass is 138 g/mol. The van der Waals surface area contributed by atoms with Crippen LogP contribution in [0.4, 0.5) is 0 Å². The quantitative estimate of drug-likeness (QED) is 0.572. The molecule has 0 aromatic heterocycles. The van der Waals surface area contributed by atoms with Crippen LogP contribution in [0.5, 0.6) is 0 Å². The molecule has 0 aliphatic rings. The van der Waals surface area contributed by atoms with E-state index >= 15 is 0 Å². The Labute approximate surface area is 62.1 Å². The van der Waals surface area contributed by atoms with Gasteiger partial charge in [0.05, 0.1) is 11.4 Å². The van der Waals surface area contributed by atoms with Crippen LogP contribution in [0.15, 0.2) is 36.7 Å². The topological polar surface area (TPSA) is 38.0 Å². The van der Waals surface area contributed by atoms with Gasteiger partial charge in [0, 0.05) is 6.54 Å². The lowest BCUT2D eigenvalue weighted by molar-refractivity contribution is 0.862. The summed E-state index contributed by atoms with van der Waals surface area (Å²) in [6.45, 7) is 10.1. The van der Waals surface area contributed by atoms with Crippen molar-refractivity contribution in [2.24, 2.45) is 5.73 Å². The zero-order chi connectivity index (χ0) is 7.98. The molecular formula is C8H14N2. The van der Waals surface area contributed by atoms with Gasteiger partial charge in [-0.25, -0.2) is 0 Å². The Morgan fingerprint density at radius 1 is 1.70 bits per heavy atom. The van der Waals surface area contributed by atoms with Crippen LogP contribution in [0, 0.1) is 0 Å². The second kappa shape index (κ2) is 4.68. The number of hydrogen-bond acceptors (Lipinski definition) is 2. The molecule has 0 amide bonds. The highest BCUT2D eigenvalue weighted by Crippen LogP contribution is 1.94. The molecule has 0 aliphatic heterocycles. The molecule has 0 fully saturated rings. The standard InChI is InChI=1S/C8H14N2/c1-4-6-8(9)7(3)10-5-2/h4,6,10H,1,3,5,9H2,2H3/b8-6+. The fourth-order valence-electron chi connectivity index (χ4n) is 0.543. The first-order chi connectivity index (χ1) is 4.72. The summed E-state index contributed by atoms with van der Waals surface area (Å²) >= 11 is 0. The Morgan fingerprint density at radius 2 is 2.30 bits per heavy atom. The van der Waals surface area contributed by atoms with Crippen molar-refractivity contribution in [2.45, 2.75) is 6.92 Å². The maximum absolute atomic E-state index is 5.54. The molecule has 0 unspecified atom stereocenters. The average molecular weight is 138 g/mol. The lowest BCUT2D eigenvalue weighted by Gasteiger charge is -2.05. The minimum Gasteiger partial charge on any atom is -0.397 e. The van der Waals surface area contributed by atoms with E-state index in [1.54, 1.807) is 12.2 Å². The lowest BCUT2D eigenvalue weighted by atomic mass is 10.3. The Balaban J connectivity index is 3.93. The zero-order valence-electron chi connectivity index (χ0n) is 6.35. The molecule has 0 aliphatic carbocycles. The largest absolute Gasteiger partial charge is 0.397 e. The molecule has 0 saturated carbocycles. The third-order valence-corrected chi connectivity index (χ3v) is 1.04. The van der Waals surface area contributed by atoms with E-state index in [0.29, 0.717) is 5.70 Å². The highest BCUT2D eigenvalue weighted by molar-refractivity contribution is 5.26. The van der Waals surface area contributed by atoms with Gasteiger partial charge >= 0.3 is 0 Å². The van der Waals surface area contributed by atoms with Gasteiger partial charge in [0.1, 0.15) is 0 Å². The number of rotatable bonds is 4. The molecular weight excluding hydrogens is 124 g/mol. The first kappa shape index (κ1) is 8.82. The molecule has 0 aromatic carbocycles. The second-order valence-corrected chi connectivity index (χ2v) is 1.87. The van der Waals surface area contributed by atoms with Crippen molar-refractivity contribution in [3.05, 3.63) is 36.7 Å². The van der Waals surface area contributed by atoms with E-state index in [4.69, 9.17) is 5.73 Å². The molecule has 0 atom stereocenters. The van der Waals surface area contributed by atoms with E-state index in [9.17, 15) is 0 Å². The van der Waals surface area contributed by atoms with Crippen molar-refractivity contribution in [1.82, 2.24) is 5.32 Å². The minimum absolute atomic E-state index is 0.636. The number of likely N-dealkylation sites (N-methyl/N-ethyl adjacent to an activating group) is 1. The smallest absolute Gasteiger partial charge is 0.0543 e. The molecule has 0 bridgehead atoms. The minimum atomic E-state index is 0.636. The highest BCUT2D eigenvalue weighted by Gasteiger charge is 1.91. The van der Waals surface area contributed by atoms with E-state index in [1.807, 2.05) is 6.92 Å². The van der Waals surface area contributed by atoms with Crippen LogP contribution in [0.25, 0.3) is 0 Å². The van der Waals surface area contributed by atoms with Crippen molar-refractivity contribution in [3.63, 3.8) is 0 Å². The predicted molar refractivity (Wildman–Crippen MR) is 45.3 cm³/mol. The van der Waals surface area contributed by atoms with Crippen molar-refractivity contribution in [3.8, 4) is 0 Å². The molecule has 0 radical (unpaired) electrons. The van der Waals surface area contributed by atoms with Gasteiger partial charge in [-0.15, -0.1) is 0 Å². The summed E-state index contributed by atoms with van der Waals surface area (Å²) in [5, 5.41) is 2.99. The third-order valence-electron chi connectivity index (χ3n) is 1.04. The summed E-state index contributed by atoms with van der Waals surface area (Å²) < 4.78 is 0. The van der Waals surface area contributed by atoms with E-state index in [1.165, 1.54) is 0 Å². The lowest BCUT2D eigenvalue weighted by Crippen LogP contribution is -2.16. The number of nitrogens with one attached hydrogen (secondary N) is 1. The van der Waals surface area contributed by atoms with Crippen LogP contribution >= 0.6 is 0 Å². The predicted octanol–water partition coefficient (Wildman–Crippen LogP) is 1.14. The van der Waals surface area contributed by atoms with Gasteiger partial charge in [0.25, 0.3) is 0 Å². The average Bonchev–Trinajstić information content (AvgIpc) is 1.89. The molecule has 2 nitrogen and oxygen atoms in total. The normalized spacial score (nSPS) is 10.7. The summed E-state index contributed by atoms with van der Waals surface area (Å²) in [6.07, 6.45) is 3.35. The number of hydrogen-bond donors (Lipinski definition) is 2. The van der Waals surface area contributed by atoms with E-state index < -0.39 is 0 Å². The van der Waals surface area contributed by atoms with Gasteiger partial charge in [-0.2, -0.15) is 0 Å². The molecule has 0 saturated heterocycles. The van der Waals surface area contributed by atoms with E-state index in [0.717, 1.165) is 12.2 Å². The summed E-state index contributed by atoms with van der Waals surface area (Å²) in [5.74, 6) is 0. The van der Waals surface area contributed by atoms with Crippen molar-refractivity contribution < 1.29 is 0 Å². The Kier molecular flexibility index (Phi) is 4.12. The molecule has 3 N–H and O–H groups in total. The fraction of sp³-hybridized carbons (Fsp3) is 0.250. The molecule has 56 valence electrons. The molecule has 10 heavy (non-hydrogen) atoms. The van der Waals surface area contributed by atoms with Gasteiger partial charge in [0.2, 0.25) is 0 Å². The van der Waals surface area contributed by atoms with Crippen LogP contribution in [0.3, 0.4) is 0 Å². The SMILES string of the molecule is C=C/C=C(/N)C(=C)NCC. The Morgan fingerprint density at radius 3 is 2.70 bits per heavy atom. The summed E-state index contributed by atoms with van der Waals surface area (Å²) in [6, 6.07) is 0. The van der Waals surface area contributed by atoms with Crippen LogP contribution in [-0.2, 0) is 0 Å². The molecule has 0 rings (SSSR count). The summed E-state index contributed by atoms with van der Waals surface area (Å²) in [5.41, 5.74) is 6.93. The fourth-order valence-corrected chi connectivity index (χ4v) is 0.543. The first-order valence-corrected chi connectivity index (χ1v) is 3.23. The van der Waals surface area contributed by atoms with Crippen LogP contribution in [-0.4, -0.2) is 6.54 Å². The Bertz CT molecular complexity index is 157. The van der Waals surface area contributed by atoms with Gasteiger partial charge in [-0.1, -0.05) is 19.2 Å². The van der Waals surface area contributed by atoms with Gasteiger partial charge < -0.3 is 11.1 Å². The number of allylic oxidation sites excluding steroid dienone is 2. The van der Waals surface area contributed by atoms with Gasteiger partial charge in [-0.05, 0) is 13.0 Å². The second-order valence-electron chi connectivity index (χ2n) is 1.87. The first-order valence-electron chi connectivity index (χ1n) is 3.23. The molecule has 0 heterocycles. The van der Waals surface area contributed by atoms with Crippen molar-refractivity contribution >= 4 is 0 Å². The van der Waals surface area contributed by atoms with Crippen molar-refractivity contribution in [2.75, 3.05) is 6.54 Å². The summed E-state index contributed by atoms with van der Waals surface area (Å²) in [7, 11) is 0. The zero-order valence-corrected chi connectivity index (χ0v) is 6.35. The highest BCUT2D eigenvalue weighted by atomic mass is 14.9. The third kappa shape index (κ3) is 2.97. The van der Waals surface area contributed by atoms with Gasteiger partial charge in [0.15, 0.2) is 0 Å². The maximum atomic E-state index is 5.54.